The molecule has 0 spiro atoms. The number of carbonyl (C=O) groups is 1. The molecule has 3 aromatic rings. The summed E-state index contributed by atoms with van der Waals surface area (Å²) in [4.78, 5) is 30.4. The molecule has 2 fully saturated rings. The Hall–Kier alpha value is -3.46. The number of halogens is 1. The zero-order chi connectivity index (χ0) is 20.4. The van der Waals surface area contributed by atoms with E-state index in [1.807, 2.05) is 4.90 Å². The predicted octanol–water partition coefficient (Wildman–Crippen LogP) is 1.32. The molecular weight excluding hydrogens is 379 g/mol. The monoisotopic (exact) mass is 396 g/mol. The second kappa shape index (κ2) is 6.02. The molecule has 5 rings (SSSR count). The highest BCUT2D eigenvalue weighted by Gasteiger charge is 2.54. The zero-order valence-corrected chi connectivity index (χ0v) is 15.1. The Kier molecular flexibility index (Phi) is 3.66. The quantitative estimate of drug-likeness (QED) is 0.610. The molecule has 0 radical (unpaired) electrons. The third kappa shape index (κ3) is 2.65. The second-order valence-corrected chi connectivity index (χ2v) is 7.54. The van der Waals surface area contributed by atoms with Crippen molar-refractivity contribution >= 4 is 22.8 Å². The second-order valence-electron chi connectivity index (χ2n) is 7.54. The van der Waals surface area contributed by atoms with Crippen LogP contribution in [-0.2, 0) is 0 Å². The molecule has 2 aliphatic rings. The van der Waals surface area contributed by atoms with Crippen molar-refractivity contribution in [2.24, 2.45) is 17.6 Å². The first-order valence-electron chi connectivity index (χ1n) is 9.14. The molecule has 3 heterocycles. The van der Waals surface area contributed by atoms with E-state index in [0.717, 1.165) is 6.07 Å². The standard InChI is InChI=1S/C20H17FN4O4/c21-15-5-11-17(27)14(20(28)29)8-25(9-1-3-10(26)4-2-9)18(11)23-19(15)24-6-12-13(7-24)16(12)22/h1-5,8,12-13,16,26H,6-7,22H2,(H,28,29)/t12-,13+,16?. The molecule has 0 bridgehead atoms. The highest BCUT2D eigenvalue weighted by atomic mass is 19.1. The van der Waals surface area contributed by atoms with Crippen molar-refractivity contribution in [1.29, 1.82) is 0 Å². The number of hydrogen-bond donors (Lipinski definition) is 3. The van der Waals surface area contributed by atoms with Gasteiger partial charge in [-0.15, -0.1) is 0 Å². The third-order valence-corrected chi connectivity index (χ3v) is 5.83. The summed E-state index contributed by atoms with van der Waals surface area (Å²) in [6.07, 6.45) is 1.17. The number of rotatable bonds is 3. The maximum Gasteiger partial charge on any atom is 0.341 e. The van der Waals surface area contributed by atoms with Gasteiger partial charge >= 0.3 is 5.97 Å². The van der Waals surface area contributed by atoms with Crippen molar-refractivity contribution in [3.8, 4) is 11.4 Å². The lowest BCUT2D eigenvalue weighted by Gasteiger charge is -2.22. The number of aromatic hydroxyl groups is 1. The molecule has 1 aliphatic carbocycles. The number of pyridine rings is 2. The number of phenols is 1. The average Bonchev–Trinajstić information content (AvgIpc) is 3.10. The number of carboxylic acids is 1. The van der Waals surface area contributed by atoms with Gasteiger partial charge in [-0.25, -0.2) is 14.2 Å². The number of benzene rings is 1. The number of carboxylic acid groups (broad SMARTS) is 1. The fourth-order valence-electron chi connectivity index (χ4n) is 4.14. The number of nitrogens with zero attached hydrogens (tertiary/aromatic N) is 3. The van der Waals surface area contributed by atoms with Crippen LogP contribution in [0.4, 0.5) is 10.2 Å². The smallest absolute Gasteiger partial charge is 0.341 e. The maximum atomic E-state index is 14.8. The average molecular weight is 396 g/mol. The fraction of sp³-hybridized carbons (Fsp3) is 0.250. The Balaban J connectivity index is 1.73. The lowest BCUT2D eigenvalue weighted by molar-refractivity contribution is 0.0695. The first-order chi connectivity index (χ1) is 13.8. The predicted molar refractivity (Wildman–Crippen MR) is 103 cm³/mol. The molecule has 29 heavy (non-hydrogen) atoms. The molecule has 1 aliphatic heterocycles. The number of nitrogens with two attached hydrogens (primary N) is 1. The van der Waals surface area contributed by atoms with Gasteiger partial charge in [-0.1, -0.05) is 0 Å². The van der Waals surface area contributed by atoms with Crippen LogP contribution in [0.15, 0.2) is 41.3 Å². The molecule has 4 N–H and O–H groups in total. The van der Waals surface area contributed by atoms with Crippen molar-refractivity contribution in [3.05, 3.63) is 58.1 Å². The van der Waals surface area contributed by atoms with Gasteiger partial charge in [0.25, 0.3) is 0 Å². The van der Waals surface area contributed by atoms with Crippen LogP contribution in [0.25, 0.3) is 16.7 Å². The Morgan fingerprint density at radius 1 is 1.21 bits per heavy atom. The molecule has 148 valence electrons. The Morgan fingerprint density at radius 3 is 2.48 bits per heavy atom. The number of piperidine rings is 1. The number of aromatic nitrogens is 2. The molecule has 1 unspecified atom stereocenters. The van der Waals surface area contributed by atoms with E-state index in [9.17, 15) is 24.2 Å². The highest BCUT2D eigenvalue weighted by Crippen LogP contribution is 2.45. The summed E-state index contributed by atoms with van der Waals surface area (Å²) in [6, 6.07) is 7.16. The first-order valence-corrected chi connectivity index (χ1v) is 9.14. The minimum atomic E-state index is -1.41. The Bertz CT molecular complexity index is 1210. The van der Waals surface area contributed by atoms with Crippen molar-refractivity contribution in [3.63, 3.8) is 0 Å². The van der Waals surface area contributed by atoms with Gasteiger partial charge in [0.2, 0.25) is 5.43 Å². The van der Waals surface area contributed by atoms with E-state index >= 15 is 0 Å². The molecular formula is C20H17FN4O4. The molecule has 1 aromatic carbocycles. The van der Waals surface area contributed by atoms with E-state index in [1.165, 1.54) is 22.9 Å². The summed E-state index contributed by atoms with van der Waals surface area (Å²) in [7, 11) is 0. The first kappa shape index (κ1) is 17.6. The van der Waals surface area contributed by atoms with Crippen LogP contribution < -0.4 is 16.1 Å². The summed E-state index contributed by atoms with van der Waals surface area (Å²) < 4.78 is 16.3. The lowest BCUT2D eigenvalue weighted by Crippen LogP contribution is -2.30. The van der Waals surface area contributed by atoms with Crippen molar-refractivity contribution in [1.82, 2.24) is 9.55 Å². The van der Waals surface area contributed by atoms with E-state index in [4.69, 9.17) is 5.73 Å². The fourth-order valence-corrected chi connectivity index (χ4v) is 4.14. The summed E-state index contributed by atoms with van der Waals surface area (Å²) in [5, 5.41) is 18.8. The zero-order valence-electron chi connectivity index (χ0n) is 15.1. The number of fused-ring (bicyclic) bond motifs is 2. The van der Waals surface area contributed by atoms with E-state index in [-0.39, 0.29) is 28.6 Å². The van der Waals surface area contributed by atoms with Gasteiger partial charge in [0.05, 0.1) is 5.39 Å². The summed E-state index contributed by atoms with van der Waals surface area (Å²) in [5.74, 6) is -1.30. The van der Waals surface area contributed by atoms with E-state index in [0.29, 0.717) is 30.6 Å². The highest BCUT2D eigenvalue weighted by molar-refractivity contribution is 5.92. The number of hydrogen-bond acceptors (Lipinski definition) is 6. The number of phenolic OH excluding ortho intramolecular Hbond substituents is 1. The molecule has 9 heteroatoms. The van der Waals surface area contributed by atoms with Crippen molar-refractivity contribution in [2.75, 3.05) is 18.0 Å². The van der Waals surface area contributed by atoms with Gasteiger partial charge in [0, 0.05) is 31.0 Å². The van der Waals surface area contributed by atoms with Crippen LogP contribution in [0.5, 0.6) is 5.75 Å². The third-order valence-electron chi connectivity index (χ3n) is 5.83. The molecule has 1 saturated carbocycles. The van der Waals surface area contributed by atoms with Gasteiger partial charge < -0.3 is 25.4 Å². The Labute approximate surface area is 163 Å². The Morgan fingerprint density at radius 2 is 1.86 bits per heavy atom. The van der Waals surface area contributed by atoms with Crippen molar-refractivity contribution < 1.29 is 19.4 Å². The van der Waals surface area contributed by atoms with Crippen LogP contribution in [0, 0.1) is 17.7 Å². The van der Waals surface area contributed by atoms with Gasteiger partial charge in [-0.3, -0.25) is 4.79 Å². The van der Waals surface area contributed by atoms with E-state index < -0.39 is 22.8 Å². The normalized spacial score (nSPS) is 22.7. The molecule has 2 aromatic heterocycles. The van der Waals surface area contributed by atoms with Gasteiger partial charge in [-0.2, -0.15) is 0 Å². The van der Waals surface area contributed by atoms with E-state index in [1.54, 1.807) is 12.1 Å². The van der Waals surface area contributed by atoms with Crippen LogP contribution in [0.1, 0.15) is 10.4 Å². The number of aromatic carboxylic acids is 1. The minimum absolute atomic E-state index is 0.0323. The summed E-state index contributed by atoms with van der Waals surface area (Å²) >= 11 is 0. The largest absolute Gasteiger partial charge is 0.508 e. The van der Waals surface area contributed by atoms with Crippen LogP contribution >= 0.6 is 0 Å². The summed E-state index contributed by atoms with van der Waals surface area (Å²) in [6.45, 7) is 1.19. The molecule has 3 atom stereocenters. The van der Waals surface area contributed by atoms with Gasteiger partial charge in [-0.05, 0) is 42.2 Å². The summed E-state index contributed by atoms with van der Waals surface area (Å²) in [5.41, 5.74) is 5.29. The SMILES string of the molecule is NC1[C@H]2CN(c3nc4c(cc3F)c(=O)c(C(=O)O)cn4-c3ccc(O)cc3)C[C@@H]12. The van der Waals surface area contributed by atoms with Gasteiger partial charge in [0.1, 0.15) is 11.3 Å². The van der Waals surface area contributed by atoms with Crippen LogP contribution in [0.3, 0.4) is 0 Å². The maximum absolute atomic E-state index is 14.8. The topological polar surface area (TPSA) is 122 Å². The number of anilines is 1. The molecule has 0 amide bonds. The van der Waals surface area contributed by atoms with Crippen LogP contribution in [0.2, 0.25) is 0 Å². The van der Waals surface area contributed by atoms with E-state index in [2.05, 4.69) is 4.98 Å². The van der Waals surface area contributed by atoms with Crippen LogP contribution in [-0.4, -0.2) is 44.9 Å². The van der Waals surface area contributed by atoms with Gasteiger partial charge in [0.15, 0.2) is 17.3 Å². The molecule has 8 nitrogen and oxygen atoms in total. The minimum Gasteiger partial charge on any atom is -0.508 e. The lowest BCUT2D eigenvalue weighted by atomic mass is 10.1. The van der Waals surface area contributed by atoms with Crippen molar-refractivity contribution in [2.45, 2.75) is 6.04 Å². The molecule has 1 saturated heterocycles.